The Bertz CT molecular complexity index is 685. The molecule has 1 aliphatic heterocycles. The van der Waals surface area contributed by atoms with Gasteiger partial charge in [0, 0.05) is 24.4 Å². The topological polar surface area (TPSA) is 63.7 Å². The number of sulfone groups is 1. The fourth-order valence-electron chi connectivity index (χ4n) is 2.57. The molecule has 0 N–H and O–H groups in total. The summed E-state index contributed by atoms with van der Waals surface area (Å²) in [7, 11) is -3.05. The maximum Gasteiger partial charge on any atom is 0.263 e. The number of carbonyl (C=O) groups is 1. The van der Waals surface area contributed by atoms with Gasteiger partial charge in [-0.05, 0) is 38.0 Å². The Morgan fingerprint density at radius 3 is 2.43 bits per heavy atom. The van der Waals surface area contributed by atoms with Crippen molar-refractivity contribution in [2.75, 3.05) is 19.3 Å². The molecule has 0 spiro atoms. The Hall–Kier alpha value is -0.980. The van der Waals surface area contributed by atoms with Gasteiger partial charge in [-0.3, -0.25) is 4.79 Å². The van der Waals surface area contributed by atoms with Gasteiger partial charge in [0.2, 0.25) is 0 Å². The van der Waals surface area contributed by atoms with Gasteiger partial charge >= 0.3 is 0 Å². The van der Waals surface area contributed by atoms with Crippen molar-refractivity contribution in [1.82, 2.24) is 4.90 Å². The van der Waals surface area contributed by atoms with Crippen molar-refractivity contribution in [3.63, 3.8) is 0 Å². The molecular weight excluding hydrogens is 361 g/mol. The third-order valence-electron chi connectivity index (χ3n) is 3.90. The molecule has 0 bridgehead atoms. The van der Waals surface area contributed by atoms with Crippen molar-refractivity contribution in [3.8, 4) is 5.75 Å². The molecule has 1 atom stereocenters. The third kappa shape index (κ3) is 4.75. The largest absolute Gasteiger partial charge is 0.479 e. The van der Waals surface area contributed by atoms with E-state index in [0.29, 0.717) is 41.7 Å². The number of hydrogen-bond donors (Lipinski definition) is 0. The normalized spacial score (nSPS) is 17.8. The smallest absolute Gasteiger partial charge is 0.263 e. The number of nitrogens with zero attached hydrogens (tertiary/aromatic N) is 1. The van der Waals surface area contributed by atoms with Crippen LogP contribution in [0.3, 0.4) is 0 Å². The highest BCUT2D eigenvalue weighted by Crippen LogP contribution is 2.28. The zero-order valence-electron chi connectivity index (χ0n) is 13.0. The molecule has 1 amide bonds. The van der Waals surface area contributed by atoms with Gasteiger partial charge < -0.3 is 9.64 Å². The summed E-state index contributed by atoms with van der Waals surface area (Å²) in [5.74, 6) is 0.214. The first-order valence-corrected chi connectivity index (χ1v) is 9.99. The fourth-order valence-corrected chi connectivity index (χ4v) is 4.09. The molecule has 0 saturated carbocycles. The van der Waals surface area contributed by atoms with E-state index in [2.05, 4.69) is 0 Å². The molecule has 0 radical (unpaired) electrons. The summed E-state index contributed by atoms with van der Waals surface area (Å²) < 4.78 is 28.7. The summed E-state index contributed by atoms with van der Waals surface area (Å²) in [6.45, 7) is 2.48. The summed E-state index contributed by atoms with van der Waals surface area (Å²) in [6, 6.07) is 4.80. The lowest BCUT2D eigenvalue weighted by molar-refractivity contribution is -0.138. The zero-order chi connectivity index (χ0) is 17.2. The van der Waals surface area contributed by atoms with E-state index in [0.717, 1.165) is 0 Å². The molecule has 1 aromatic rings. The molecule has 1 unspecified atom stereocenters. The lowest BCUT2D eigenvalue weighted by Crippen LogP contribution is -2.47. The predicted molar refractivity (Wildman–Crippen MR) is 91.0 cm³/mol. The van der Waals surface area contributed by atoms with Crippen LogP contribution in [0, 0.1) is 0 Å². The number of piperidine rings is 1. The van der Waals surface area contributed by atoms with Crippen molar-refractivity contribution in [3.05, 3.63) is 28.2 Å². The average Bonchev–Trinajstić information content (AvgIpc) is 2.48. The maximum atomic E-state index is 12.4. The average molecular weight is 380 g/mol. The number of halogens is 2. The molecule has 8 heteroatoms. The first-order valence-electron chi connectivity index (χ1n) is 7.28. The van der Waals surface area contributed by atoms with E-state index in [1.807, 2.05) is 0 Å². The van der Waals surface area contributed by atoms with E-state index >= 15 is 0 Å². The number of ether oxygens (including phenoxy) is 1. The molecule has 1 heterocycles. The summed E-state index contributed by atoms with van der Waals surface area (Å²) >= 11 is 11.9. The zero-order valence-corrected chi connectivity index (χ0v) is 15.3. The molecule has 5 nitrogen and oxygen atoms in total. The van der Waals surface area contributed by atoms with E-state index in [1.54, 1.807) is 30.0 Å². The summed E-state index contributed by atoms with van der Waals surface area (Å²) in [5, 5.41) is 0.464. The molecule has 1 aliphatic rings. The minimum atomic E-state index is -3.05. The lowest BCUT2D eigenvalue weighted by Gasteiger charge is -2.32. The summed E-state index contributed by atoms with van der Waals surface area (Å²) in [4.78, 5) is 14.1. The fraction of sp³-hybridized carbons (Fsp3) is 0.533. The van der Waals surface area contributed by atoms with Gasteiger partial charge in [0.05, 0.1) is 10.3 Å². The number of benzene rings is 1. The van der Waals surface area contributed by atoms with Crippen LogP contribution in [0.15, 0.2) is 18.2 Å². The molecule has 0 aromatic heterocycles. The molecule has 1 fully saturated rings. The van der Waals surface area contributed by atoms with Gasteiger partial charge in [-0.15, -0.1) is 0 Å². The van der Waals surface area contributed by atoms with Crippen LogP contribution in [0.2, 0.25) is 10.0 Å². The Labute approximate surface area is 146 Å². The monoisotopic (exact) mass is 379 g/mol. The van der Waals surface area contributed by atoms with Gasteiger partial charge in [0.15, 0.2) is 6.10 Å². The lowest BCUT2D eigenvalue weighted by atomic mass is 10.1. The molecule has 1 saturated heterocycles. The highest BCUT2D eigenvalue weighted by molar-refractivity contribution is 7.91. The first kappa shape index (κ1) is 18.4. The quantitative estimate of drug-likeness (QED) is 0.806. The van der Waals surface area contributed by atoms with Crippen LogP contribution in [-0.2, 0) is 14.6 Å². The number of rotatable bonds is 4. The maximum absolute atomic E-state index is 12.4. The van der Waals surface area contributed by atoms with Crippen LogP contribution in [0.5, 0.6) is 5.75 Å². The van der Waals surface area contributed by atoms with Gasteiger partial charge in [-0.25, -0.2) is 8.42 Å². The number of amides is 1. The Morgan fingerprint density at radius 1 is 1.30 bits per heavy atom. The number of carbonyl (C=O) groups excluding carboxylic acids is 1. The van der Waals surface area contributed by atoms with Gasteiger partial charge in [0.1, 0.15) is 15.6 Å². The van der Waals surface area contributed by atoms with Crippen molar-refractivity contribution in [2.45, 2.75) is 31.1 Å². The second-order valence-electron chi connectivity index (χ2n) is 5.69. The number of likely N-dealkylation sites (tertiary alicyclic amines) is 1. The molecule has 0 aliphatic carbocycles. The highest BCUT2D eigenvalue weighted by Gasteiger charge is 2.31. The Kier molecular flexibility index (Phi) is 5.81. The minimum Gasteiger partial charge on any atom is -0.479 e. The van der Waals surface area contributed by atoms with E-state index in [-0.39, 0.29) is 11.2 Å². The van der Waals surface area contributed by atoms with E-state index in [9.17, 15) is 13.2 Å². The van der Waals surface area contributed by atoms with Crippen molar-refractivity contribution < 1.29 is 17.9 Å². The molecule has 23 heavy (non-hydrogen) atoms. The van der Waals surface area contributed by atoms with Gasteiger partial charge in [0.25, 0.3) is 5.91 Å². The van der Waals surface area contributed by atoms with Crippen molar-refractivity contribution in [2.24, 2.45) is 0 Å². The van der Waals surface area contributed by atoms with E-state index in [1.165, 1.54) is 6.26 Å². The van der Waals surface area contributed by atoms with Gasteiger partial charge in [-0.2, -0.15) is 0 Å². The van der Waals surface area contributed by atoms with Crippen molar-refractivity contribution in [1.29, 1.82) is 0 Å². The molecule has 1 aromatic carbocycles. The summed E-state index contributed by atoms with van der Waals surface area (Å²) in [5.41, 5.74) is 0. The second kappa shape index (κ2) is 7.28. The Balaban J connectivity index is 1.95. The summed E-state index contributed by atoms with van der Waals surface area (Å²) in [6.07, 6.45) is 1.45. The predicted octanol–water partition coefficient (Wildman–Crippen LogP) is 2.80. The van der Waals surface area contributed by atoms with E-state index < -0.39 is 15.9 Å². The third-order valence-corrected chi connectivity index (χ3v) is 6.12. The van der Waals surface area contributed by atoms with Crippen LogP contribution < -0.4 is 4.74 Å². The van der Waals surface area contributed by atoms with Crippen LogP contribution in [0.1, 0.15) is 19.8 Å². The SMILES string of the molecule is CC(Oc1ccc(Cl)cc1Cl)C(=O)N1CCC(S(C)(=O)=O)CC1. The van der Waals surface area contributed by atoms with Gasteiger partial charge in [-0.1, -0.05) is 23.2 Å². The minimum absolute atomic E-state index is 0.178. The van der Waals surface area contributed by atoms with Crippen LogP contribution in [0.4, 0.5) is 0 Å². The standard InChI is InChI=1S/C15H19Cl2NO4S/c1-10(22-14-4-3-11(16)9-13(14)17)15(19)18-7-5-12(6-8-18)23(2,20)21/h3-4,9-10,12H,5-8H2,1-2H3. The first-order chi connectivity index (χ1) is 10.7. The van der Waals surface area contributed by atoms with Crippen LogP contribution in [0.25, 0.3) is 0 Å². The Morgan fingerprint density at radius 2 is 1.91 bits per heavy atom. The second-order valence-corrected chi connectivity index (χ2v) is 8.86. The highest BCUT2D eigenvalue weighted by atomic mass is 35.5. The molecular formula is C15H19Cl2NO4S. The van der Waals surface area contributed by atoms with E-state index in [4.69, 9.17) is 27.9 Å². The van der Waals surface area contributed by atoms with Crippen LogP contribution in [-0.4, -0.2) is 49.9 Å². The number of hydrogen-bond acceptors (Lipinski definition) is 4. The molecule has 2 rings (SSSR count). The van der Waals surface area contributed by atoms with Crippen LogP contribution >= 0.6 is 23.2 Å². The van der Waals surface area contributed by atoms with Crippen molar-refractivity contribution >= 4 is 38.9 Å². The molecule has 128 valence electrons.